The number of aromatic nitrogens is 1. The summed E-state index contributed by atoms with van der Waals surface area (Å²) in [7, 11) is -3.26. The van der Waals surface area contributed by atoms with Gasteiger partial charge < -0.3 is 14.0 Å². The summed E-state index contributed by atoms with van der Waals surface area (Å²) in [6.45, 7) is 0. The van der Waals surface area contributed by atoms with Gasteiger partial charge in [0.05, 0.1) is 23.2 Å². The normalized spacial score (nSPS) is 12.8. The summed E-state index contributed by atoms with van der Waals surface area (Å²) < 4.78 is 47.2. The zero-order chi connectivity index (χ0) is 24.0. The van der Waals surface area contributed by atoms with Crippen LogP contribution in [-0.2, 0) is 10.0 Å². The third-order valence-electron chi connectivity index (χ3n) is 6.07. The summed E-state index contributed by atoms with van der Waals surface area (Å²) in [4.78, 5) is 0.152. The van der Waals surface area contributed by atoms with E-state index in [-0.39, 0.29) is 4.90 Å². The van der Waals surface area contributed by atoms with Crippen molar-refractivity contribution in [3.63, 3.8) is 0 Å². The Morgan fingerprint density at radius 1 is 0.743 bits per heavy atom. The fraction of sp³-hybridized carbons (Fsp3) is 0.0370. The number of methoxy groups -OCH3 is 1. The molecule has 6 nitrogen and oxygen atoms in total. The standard InChI is InChI=1S/C27H20BNO5S/c1-32-20-15-17-21(18-16-20)35(30,31)29-23-12-6-5-11-22(23)26(27(29)19-9-3-2-4-10-19)28-33-24-13-7-8-14-25(24)34-28/h2-18H,1H3. The van der Waals surface area contributed by atoms with Gasteiger partial charge in [-0.05, 0) is 48.0 Å². The fourth-order valence-corrected chi connectivity index (χ4v) is 6.02. The average molecular weight is 481 g/mol. The van der Waals surface area contributed by atoms with E-state index in [1.807, 2.05) is 72.8 Å². The third-order valence-corrected chi connectivity index (χ3v) is 7.80. The van der Waals surface area contributed by atoms with Crippen molar-refractivity contribution in [1.29, 1.82) is 0 Å². The van der Waals surface area contributed by atoms with E-state index < -0.39 is 17.1 Å². The minimum Gasteiger partial charge on any atom is -0.519 e. The number of para-hydroxylation sites is 3. The molecule has 0 saturated carbocycles. The van der Waals surface area contributed by atoms with Gasteiger partial charge in [-0.25, -0.2) is 12.4 Å². The van der Waals surface area contributed by atoms with Crippen LogP contribution in [0.2, 0.25) is 0 Å². The van der Waals surface area contributed by atoms with Gasteiger partial charge in [0, 0.05) is 10.8 Å². The molecule has 0 atom stereocenters. The van der Waals surface area contributed by atoms with E-state index in [1.165, 1.54) is 3.97 Å². The predicted molar refractivity (Wildman–Crippen MR) is 136 cm³/mol. The lowest BCUT2D eigenvalue weighted by atomic mass is 9.76. The molecule has 2 heterocycles. The van der Waals surface area contributed by atoms with Gasteiger partial charge in [0.2, 0.25) is 0 Å². The Morgan fingerprint density at radius 3 is 2.00 bits per heavy atom. The first-order valence-corrected chi connectivity index (χ1v) is 12.5. The van der Waals surface area contributed by atoms with Crippen molar-refractivity contribution < 1.29 is 22.5 Å². The molecule has 1 aliphatic rings. The van der Waals surface area contributed by atoms with Crippen LogP contribution in [0.1, 0.15) is 0 Å². The minimum atomic E-state index is -4.00. The summed E-state index contributed by atoms with van der Waals surface area (Å²) in [6.07, 6.45) is 0. The Balaban J connectivity index is 1.65. The monoisotopic (exact) mass is 481 g/mol. The first-order valence-electron chi connectivity index (χ1n) is 11.1. The molecular formula is C27H20BNO5S. The molecule has 8 heteroatoms. The fourth-order valence-electron chi connectivity index (χ4n) is 4.46. The molecule has 0 aliphatic carbocycles. The Hall–Kier alpha value is -4.17. The Kier molecular flexibility index (Phi) is 5.04. The molecule has 6 rings (SSSR count). The maximum absolute atomic E-state index is 14.1. The number of nitrogens with zero attached hydrogens (tertiary/aromatic N) is 1. The highest BCUT2D eigenvalue weighted by atomic mass is 32.2. The quantitative estimate of drug-likeness (QED) is 0.340. The van der Waals surface area contributed by atoms with Crippen molar-refractivity contribution in [2.45, 2.75) is 4.90 Å². The van der Waals surface area contributed by atoms with E-state index >= 15 is 0 Å². The van der Waals surface area contributed by atoms with Gasteiger partial charge in [0.25, 0.3) is 10.0 Å². The van der Waals surface area contributed by atoms with E-state index in [2.05, 4.69) is 0 Å². The number of hydrogen-bond donors (Lipinski definition) is 0. The second kappa shape index (κ2) is 8.25. The number of rotatable bonds is 5. The van der Waals surface area contributed by atoms with Crippen molar-refractivity contribution >= 4 is 33.5 Å². The molecule has 1 aromatic heterocycles. The number of hydrogen-bond acceptors (Lipinski definition) is 5. The van der Waals surface area contributed by atoms with Crippen molar-refractivity contribution in [2.75, 3.05) is 7.11 Å². The molecule has 0 radical (unpaired) electrons. The highest BCUT2D eigenvalue weighted by molar-refractivity contribution is 7.90. The highest BCUT2D eigenvalue weighted by Gasteiger charge is 2.41. The van der Waals surface area contributed by atoms with Crippen LogP contribution in [0.4, 0.5) is 0 Å². The smallest absolute Gasteiger partial charge is 0.519 e. The van der Waals surface area contributed by atoms with Gasteiger partial charge >= 0.3 is 7.12 Å². The van der Waals surface area contributed by atoms with Crippen LogP contribution < -0.4 is 19.5 Å². The zero-order valence-electron chi connectivity index (χ0n) is 18.8. The van der Waals surface area contributed by atoms with E-state index in [4.69, 9.17) is 14.0 Å². The van der Waals surface area contributed by atoms with Crippen LogP contribution >= 0.6 is 0 Å². The van der Waals surface area contributed by atoms with Gasteiger partial charge in [-0.15, -0.1) is 0 Å². The Morgan fingerprint density at radius 2 is 1.34 bits per heavy atom. The summed E-state index contributed by atoms with van der Waals surface area (Å²) in [5.74, 6) is 1.81. The molecule has 0 amide bonds. The topological polar surface area (TPSA) is 66.8 Å². The minimum absolute atomic E-state index is 0.152. The lowest BCUT2D eigenvalue weighted by Crippen LogP contribution is -2.40. The lowest BCUT2D eigenvalue weighted by molar-refractivity contribution is 0.414. The number of ether oxygens (including phenoxy) is 1. The number of benzene rings is 4. The van der Waals surface area contributed by atoms with Crippen molar-refractivity contribution in [1.82, 2.24) is 3.97 Å². The Labute approximate surface area is 203 Å². The maximum atomic E-state index is 14.1. The second-order valence-electron chi connectivity index (χ2n) is 8.10. The number of fused-ring (bicyclic) bond motifs is 2. The molecule has 5 aromatic rings. The van der Waals surface area contributed by atoms with Crippen LogP contribution in [0, 0.1) is 0 Å². The van der Waals surface area contributed by atoms with E-state index in [0.29, 0.717) is 33.9 Å². The molecule has 4 aromatic carbocycles. The molecule has 172 valence electrons. The molecule has 0 bridgehead atoms. The highest BCUT2D eigenvalue weighted by Crippen LogP contribution is 2.37. The van der Waals surface area contributed by atoms with Crippen molar-refractivity contribution in [3.8, 4) is 28.5 Å². The summed E-state index contributed by atoms with van der Waals surface area (Å²) in [5, 5.41) is 0.737. The largest absolute Gasteiger partial charge is 0.635 e. The molecule has 0 N–H and O–H groups in total. The summed E-state index contributed by atoms with van der Waals surface area (Å²) in [6, 6.07) is 30.6. The summed E-state index contributed by atoms with van der Waals surface area (Å²) in [5.41, 5.74) is 2.43. The average Bonchev–Trinajstić information content (AvgIpc) is 3.48. The lowest BCUT2D eigenvalue weighted by Gasteiger charge is -2.14. The van der Waals surface area contributed by atoms with Gasteiger partial charge in [-0.2, -0.15) is 0 Å². The van der Waals surface area contributed by atoms with E-state index in [1.54, 1.807) is 37.4 Å². The van der Waals surface area contributed by atoms with Crippen LogP contribution in [0.15, 0.2) is 108 Å². The van der Waals surface area contributed by atoms with Crippen molar-refractivity contribution in [3.05, 3.63) is 103 Å². The second-order valence-corrected chi connectivity index (χ2v) is 9.89. The van der Waals surface area contributed by atoms with E-state index in [0.717, 1.165) is 10.9 Å². The van der Waals surface area contributed by atoms with Crippen LogP contribution in [0.25, 0.3) is 22.2 Å². The van der Waals surface area contributed by atoms with E-state index in [9.17, 15) is 8.42 Å². The molecule has 0 saturated heterocycles. The molecule has 0 fully saturated rings. The molecule has 1 aliphatic heterocycles. The predicted octanol–water partition coefficient (Wildman–Crippen LogP) is 4.72. The Bertz CT molecular complexity index is 1620. The first kappa shape index (κ1) is 21.4. The molecule has 35 heavy (non-hydrogen) atoms. The zero-order valence-corrected chi connectivity index (χ0v) is 19.6. The molecule has 0 unspecified atom stereocenters. The SMILES string of the molecule is COc1ccc(S(=O)(=O)n2c(-c3ccccc3)c(B3Oc4ccccc4O3)c3ccccc32)cc1. The maximum Gasteiger partial charge on any atom is 0.635 e. The van der Waals surface area contributed by atoms with Crippen LogP contribution in [-0.4, -0.2) is 26.6 Å². The third kappa shape index (κ3) is 3.45. The molecule has 0 spiro atoms. The first-order chi connectivity index (χ1) is 17.1. The van der Waals surface area contributed by atoms with Crippen LogP contribution in [0.5, 0.6) is 17.2 Å². The van der Waals surface area contributed by atoms with Crippen molar-refractivity contribution in [2.24, 2.45) is 0 Å². The summed E-state index contributed by atoms with van der Waals surface area (Å²) >= 11 is 0. The van der Waals surface area contributed by atoms with Crippen LogP contribution in [0.3, 0.4) is 0 Å². The molecular weight excluding hydrogens is 461 g/mol. The van der Waals surface area contributed by atoms with Gasteiger partial charge in [-0.3, -0.25) is 0 Å². The van der Waals surface area contributed by atoms with Gasteiger partial charge in [-0.1, -0.05) is 60.7 Å². The van der Waals surface area contributed by atoms with Gasteiger partial charge in [0.1, 0.15) is 17.2 Å². The van der Waals surface area contributed by atoms with Gasteiger partial charge in [0.15, 0.2) is 0 Å².